The molecule has 0 saturated heterocycles. The number of amides is 1. The van der Waals surface area contributed by atoms with Gasteiger partial charge in [0.15, 0.2) is 6.10 Å². The van der Waals surface area contributed by atoms with Crippen molar-refractivity contribution in [3.63, 3.8) is 0 Å². The molecule has 0 bridgehead atoms. The Kier molecular flexibility index (Phi) is 3.91. The molecule has 1 saturated carbocycles. The van der Waals surface area contributed by atoms with E-state index in [1.165, 1.54) is 11.8 Å². The highest BCUT2D eigenvalue weighted by atomic mass is 32.2. The molecular formula is C17H23NO4S. The van der Waals surface area contributed by atoms with E-state index < -0.39 is 15.9 Å². The van der Waals surface area contributed by atoms with Crippen LogP contribution in [0, 0.1) is 19.3 Å². The van der Waals surface area contributed by atoms with Gasteiger partial charge in [-0.25, -0.2) is 8.42 Å². The van der Waals surface area contributed by atoms with Gasteiger partial charge in [-0.2, -0.15) is 0 Å². The molecule has 0 radical (unpaired) electrons. The molecule has 0 aromatic heterocycles. The first kappa shape index (κ1) is 16.3. The zero-order valence-corrected chi connectivity index (χ0v) is 14.6. The molecule has 0 unspecified atom stereocenters. The number of nitrogens with one attached hydrogen (secondary N) is 1. The minimum absolute atomic E-state index is 0.143. The molecule has 1 N–H and O–H groups in total. The normalized spacial score (nSPS) is 21.4. The van der Waals surface area contributed by atoms with Crippen molar-refractivity contribution in [3.05, 3.63) is 28.8 Å². The molecule has 126 valence electrons. The Labute approximate surface area is 137 Å². The van der Waals surface area contributed by atoms with E-state index in [0.29, 0.717) is 13.0 Å². The van der Waals surface area contributed by atoms with Gasteiger partial charge in [0.25, 0.3) is 5.91 Å². The summed E-state index contributed by atoms with van der Waals surface area (Å²) >= 11 is 0. The van der Waals surface area contributed by atoms with Gasteiger partial charge in [0.1, 0.15) is 15.6 Å². The van der Waals surface area contributed by atoms with Gasteiger partial charge in [-0.1, -0.05) is 6.07 Å². The quantitative estimate of drug-likeness (QED) is 0.885. The van der Waals surface area contributed by atoms with Crippen LogP contribution in [0.15, 0.2) is 12.1 Å². The standard InChI is InChI=1S/C17H23NO4S/c1-11-6-13-8-15(22-14(13)7-12(11)2)16(19)18-9-17(4-5-17)10-23(3,20)21/h6-7,15H,4-5,8-10H2,1-3H3,(H,18,19)/t15-/m1/s1. The molecule has 3 rings (SSSR count). The summed E-state index contributed by atoms with van der Waals surface area (Å²) in [6, 6.07) is 4.05. The molecule has 1 aliphatic heterocycles. The van der Waals surface area contributed by atoms with Crippen LogP contribution in [0.3, 0.4) is 0 Å². The van der Waals surface area contributed by atoms with Crippen LogP contribution in [0.4, 0.5) is 0 Å². The molecule has 1 amide bonds. The molecule has 1 aromatic carbocycles. The van der Waals surface area contributed by atoms with Gasteiger partial charge in [-0.3, -0.25) is 4.79 Å². The fourth-order valence-electron chi connectivity index (χ4n) is 3.15. The largest absolute Gasteiger partial charge is 0.480 e. The molecule has 5 nitrogen and oxygen atoms in total. The van der Waals surface area contributed by atoms with E-state index in [1.54, 1.807) is 0 Å². The average molecular weight is 337 g/mol. The first-order valence-electron chi connectivity index (χ1n) is 7.90. The van der Waals surface area contributed by atoms with Crippen LogP contribution < -0.4 is 10.1 Å². The van der Waals surface area contributed by atoms with Crippen LogP contribution in [0.1, 0.15) is 29.5 Å². The minimum Gasteiger partial charge on any atom is -0.480 e. The third-order valence-electron chi connectivity index (χ3n) is 4.81. The highest BCUT2D eigenvalue weighted by molar-refractivity contribution is 7.90. The fourth-order valence-corrected chi connectivity index (χ4v) is 4.66. The maximum atomic E-state index is 12.3. The third kappa shape index (κ3) is 3.68. The fraction of sp³-hybridized carbons (Fsp3) is 0.588. The molecule has 0 spiro atoms. The lowest BCUT2D eigenvalue weighted by atomic mass is 10.0. The smallest absolute Gasteiger partial charge is 0.261 e. The van der Waals surface area contributed by atoms with Gasteiger partial charge < -0.3 is 10.1 Å². The first-order valence-corrected chi connectivity index (χ1v) is 9.96. The van der Waals surface area contributed by atoms with Gasteiger partial charge in [0.05, 0.1) is 5.75 Å². The van der Waals surface area contributed by atoms with E-state index in [9.17, 15) is 13.2 Å². The van der Waals surface area contributed by atoms with Gasteiger partial charge in [-0.05, 0) is 49.4 Å². The maximum absolute atomic E-state index is 12.3. The number of hydrogen-bond acceptors (Lipinski definition) is 4. The number of ether oxygens (including phenoxy) is 1. The second-order valence-corrected chi connectivity index (χ2v) is 9.28. The Bertz CT molecular complexity index is 719. The number of hydrogen-bond donors (Lipinski definition) is 1. The number of sulfone groups is 1. The van der Waals surface area contributed by atoms with Crippen molar-refractivity contribution in [2.75, 3.05) is 18.6 Å². The van der Waals surface area contributed by atoms with Gasteiger partial charge in [-0.15, -0.1) is 0 Å². The van der Waals surface area contributed by atoms with Crippen LogP contribution in [0.25, 0.3) is 0 Å². The van der Waals surface area contributed by atoms with E-state index in [4.69, 9.17) is 4.74 Å². The highest BCUT2D eigenvalue weighted by Crippen LogP contribution is 2.46. The summed E-state index contributed by atoms with van der Waals surface area (Å²) < 4.78 is 28.7. The van der Waals surface area contributed by atoms with E-state index in [2.05, 4.69) is 11.4 Å². The lowest BCUT2D eigenvalue weighted by Gasteiger charge is -2.17. The number of benzene rings is 1. The lowest BCUT2D eigenvalue weighted by Crippen LogP contribution is -2.41. The van der Waals surface area contributed by atoms with Crippen molar-refractivity contribution in [2.24, 2.45) is 5.41 Å². The number of aryl methyl sites for hydroxylation is 2. The minimum atomic E-state index is -3.02. The zero-order valence-electron chi connectivity index (χ0n) is 13.8. The first-order chi connectivity index (χ1) is 10.7. The number of carbonyl (C=O) groups excluding carboxylic acids is 1. The monoisotopic (exact) mass is 337 g/mol. The highest BCUT2D eigenvalue weighted by Gasteiger charge is 2.45. The molecule has 23 heavy (non-hydrogen) atoms. The van der Waals surface area contributed by atoms with Crippen LogP contribution in [-0.4, -0.2) is 39.0 Å². The van der Waals surface area contributed by atoms with Crippen molar-refractivity contribution >= 4 is 15.7 Å². The predicted molar refractivity (Wildman–Crippen MR) is 88.4 cm³/mol. The van der Waals surface area contributed by atoms with Gasteiger partial charge in [0.2, 0.25) is 0 Å². The van der Waals surface area contributed by atoms with E-state index in [0.717, 1.165) is 29.7 Å². The Balaban J connectivity index is 1.59. The summed E-state index contributed by atoms with van der Waals surface area (Å²) in [5.74, 6) is 0.770. The average Bonchev–Trinajstić information content (AvgIpc) is 3.06. The van der Waals surface area contributed by atoms with Crippen molar-refractivity contribution in [1.82, 2.24) is 5.32 Å². The second-order valence-electron chi connectivity index (χ2n) is 7.14. The molecular weight excluding hydrogens is 314 g/mol. The maximum Gasteiger partial charge on any atom is 0.261 e. The Morgan fingerprint density at radius 1 is 1.30 bits per heavy atom. The molecule has 6 heteroatoms. The van der Waals surface area contributed by atoms with Crippen LogP contribution in [0.5, 0.6) is 5.75 Å². The lowest BCUT2D eigenvalue weighted by molar-refractivity contribution is -0.127. The summed E-state index contributed by atoms with van der Waals surface area (Å²) in [6.07, 6.45) is 3.01. The Hall–Kier alpha value is -1.56. The second kappa shape index (κ2) is 5.51. The van der Waals surface area contributed by atoms with Crippen molar-refractivity contribution in [1.29, 1.82) is 0 Å². The van der Waals surface area contributed by atoms with Gasteiger partial charge in [0, 0.05) is 24.6 Å². The molecule has 1 atom stereocenters. The van der Waals surface area contributed by atoms with E-state index in [1.807, 2.05) is 19.9 Å². The van der Waals surface area contributed by atoms with Crippen molar-refractivity contribution in [2.45, 2.75) is 39.2 Å². The van der Waals surface area contributed by atoms with Crippen molar-refractivity contribution < 1.29 is 17.9 Å². The van der Waals surface area contributed by atoms with Crippen LogP contribution >= 0.6 is 0 Å². The van der Waals surface area contributed by atoms with E-state index >= 15 is 0 Å². The summed E-state index contributed by atoms with van der Waals surface area (Å²) in [5, 5.41) is 2.89. The number of fused-ring (bicyclic) bond motifs is 1. The Morgan fingerprint density at radius 3 is 2.57 bits per heavy atom. The van der Waals surface area contributed by atoms with Crippen LogP contribution in [-0.2, 0) is 21.1 Å². The SMILES string of the molecule is Cc1cc2c(cc1C)O[C@@H](C(=O)NCC1(CS(C)(=O)=O)CC1)C2. The van der Waals surface area contributed by atoms with E-state index in [-0.39, 0.29) is 17.1 Å². The summed E-state index contributed by atoms with van der Waals surface area (Å²) in [5.41, 5.74) is 3.14. The Morgan fingerprint density at radius 2 is 1.96 bits per heavy atom. The van der Waals surface area contributed by atoms with Gasteiger partial charge >= 0.3 is 0 Å². The number of carbonyl (C=O) groups is 1. The molecule has 1 aromatic rings. The third-order valence-corrected chi connectivity index (χ3v) is 5.94. The van der Waals surface area contributed by atoms with Crippen molar-refractivity contribution in [3.8, 4) is 5.75 Å². The topological polar surface area (TPSA) is 72.5 Å². The van der Waals surface area contributed by atoms with Crippen LogP contribution in [0.2, 0.25) is 0 Å². The molecule has 1 aliphatic carbocycles. The molecule has 2 aliphatic rings. The zero-order chi connectivity index (χ0) is 16.8. The molecule has 1 fully saturated rings. The summed E-state index contributed by atoms with van der Waals surface area (Å²) in [4.78, 5) is 12.3. The predicted octanol–water partition coefficient (Wildman–Crippen LogP) is 1.55. The summed E-state index contributed by atoms with van der Waals surface area (Å²) in [7, 11) is -3.02. The number of rotatable bonds is 5. The summed E-state index contributed by atoms with van der Waals surface area (Å²) in [6.45, 7) is 4.48. The molecule has 1 heterocycles.